The molecule has 2 aliphatic heterocycles. The van der Waals surface area contributed by atoms with Gasteiger partial charge in [0.2, 0.25) is 5.91 Å². The van der Waals surface area contributed by atoms with Crippen molar-refractivity contribution >= 4 is 11.9 Å². The molecule has 6 atom stereocenters. The average molecular weight is 275 g/mol. The van der Waals surface area contributed by atoms with Crippen LogP contribution in [0.3, 0.4) is 0 Å². The second-order valence-corrected chi connectivity index (χ2v) is 4.67. The van der Waals surface area contributed by atoms with Crippen LogP contribution in [0.25, 0.3) is 0 Å². The molecule has 0 spiro atoms. The molecule has 0 aromatic rings. The molecule has 19 heavy (non-hydrogen) atoms. The lowest BCUT2D eigenvalue weighted by Crippen LogP contribution is -2.62. The Morgan fingerprint density at radius 1 is 1.47 bits per heavy atom. The van der Waals surface area contributed by atoms with Gasteiger partial charge in [-0.15, -0.1) is 0 Å². The van der Waals surface area contributed by atoms with Crippen molar-refractivity contribution in [3.05, 3.63) is 0 Å². The van der Waals surface area contributed by atoms with Crippen LogP contribution in [0.1, 0.15) is 13.8 Å². The van der Waals surface area contributed by atoms with E-state index in [0.717, 1.165) is 0 Å². The summed E-state index contributed by atoms with van der Waals surface area (Å²) in [5, 5.41) is 21.5. The molecule has 2 bridgehead atoms. The average Bonchev–Trinajstić information content (AvgIpc) is 2.76. The van der Waals surface area contributed by atoms with Gasteiger partial charge < -0.3 is 29.7 Å². The van der Waals surface area contributed by atoms with Gasteiger partial charge >= 0.3 is 5.97 Å². The number of aliphatic carboxylic acids is 1. The minimum atomic E-state index is -1.14. The number of hydrogen-bond acceptors (Lipinski definition) is 6. The fourth-order valence-electron chi connectivity index (χ4n) is 2.23. The zero-order chi connectivity index (χ0) is 14.2. The van der Waals surface area contributed by atoms with Crippen molar-refractivity contribution in [2.24, 2.45) is 0 Å². The number of aliphatic hydroxyl groups excluding tert-OH is 1. The third-order valence-corrected chi connectivity index (χ3v) is 3.18. The highest BCUT2D eigenvalue weighted by Crippen LogP contribution is 2.30. The molecule has 0 aliphatic carbocycles. The Kier molecular flexibility index (Phi) is 4.04. The minimum Gasteiger partial charge on any atom is -0.479 e. The Labute approximate surface area is 109 Å². The molecule has 2 aliphatic rings. The van der Waals surface area contributed by atoms with E-state index in [2.05, 4.69) is 5.32 Å². The standard InChI is InChI=1S/C11H17NO7/c1-4(10(15)16)18-9-7(12-5(2)13)11-17-3-6(19-11)8(9)14/h4,6-9,11,14H,3H2,1-2H3,(H,12,13)(H,15,16)/t4-,6?,7?,8-,9?,11-/m1/s1. The highest BCUT2D eigenvalue weighted by molar-refractivity contribution is 5.73. The Morgan fingerprint density at radius 2 is 2.16 bits per heavy atom. The van der Waals surface area contributed by atoms with Crippen LogP contribution < -0.4 is 5.32 Å². The number of amides is 1. The van der Waals surface area contributed by atoms with E-state index in [-0.39, 0.29) is 12.5 Å². The number of nitrogens with one attached hydrogen (secondary N) is 1. The van der Waals surface area contributed by atoms with Crippen LogP contribution in [0.4, 0.5) is 0 Å². The fourth-order valence-corrected chi connectivity index (χ4v) is 2.23. The Hall–Kier alpha value is -1.22. The third kappa shape index (κ3) is 2.86. The van der Waals surface area contributed by atoms with Crippen molar-refractivity contribution in [2.75, 3.05) is 6.61 Å². The summed E-state index contributed by atoms with van der Waals surface area (Å²) in [6.45, 7) is 2.85. The third-order valence-electron chi connectivity index (χ3n) is 3.18. The van der Waals surface area contributed by atoms with E-state index in [1.54, 1.807) is 0 Å². The van der Waals surface area contributed by atoms with Crippen molar-refractivity contribution in [2.45, 2.75) is 50.6 Å². The number of fused-ring (bicyclic) bond motifs is 2. The maximum Gasteiger partial charge on any atom is 0.332 e. The van der Waals surface area contributed by atoms with E-state index in [1.807, 2.05) is 0 Å². The van der Waals surface area contributed by atoms with Crippen LogP contribution in [-0.2, 0) is 23.8 Å². The number of carboxylic acids is 1. The summed E-state index contributed by atoms with van der Waals surface area (Å²) in [6.07, 6.45) is -4.35. The molecule has 0 aromatic carbocycles. The van der Waals surface area contributed by atoms with E-state index in [4.69, 9.17) is 19.3 Å². The molecule has 2 heterocycles. The molecule has 3 unspecified atom stereocenters. The van der Waals surface area contributed by atoms with Gasteiger partial charge in [0.05, 0.1) is 6.61 Å². The number of carbonyl (C=O) groups excluding carboxylic acids is 1. The van der Waals surface area contributed by atoms with E-state index in [0.29, 0.717) is 0 Å². The van der Waals surface area contributed by atoms with Crippen LogP contribution in [0, 0.1) is 0 Å². The number of hydrogen-bond donors (Lipinski definition) is 3. The molecule has 2 saturated heterocycles. The predicted octanol–water partition coefficient (Wildman–Crippen LogP) is -1.53. The smallest absolute Gasteiger partial charge is 0.332 e. The molecule has 1 amide bonds. The molecule has 3 N–H and O–H groups in total. The van der Waals surface area contributed by atoms with Gasteiger partial charge in [-0.2, -0.15) is 0 Å². The highest BCUT2D eigenvalue weighted by Gasteiger charge is 2.51. The lowest BCUT2D eigenvalue weighted by molar-refractivity contribution is -0.213. The van der Waals surface area contributed by atoms with E-state index < -0.39 is 42.7 Å². The van der Waals surface area contributed by atoms with Crippen molar-refractivity contribution in [1.29, 1.82) is 0 Å². The fraction of sp³-hybridized carbons (Fsp3) is 0.818. The predicted molar refractivity (Wildman–Crippen MR) is 60.2 cm³/mol. The van der Waals surface area contributed by atoms with E-state index >= 15 is 0 Å². The normalized spacial score (nSPS) is 38.8. The topological polar surface area (TPSA) is 114 Å². The minimum absolute atomic E-state index is 0.184. The van der Waals surface area contributed by atoms with Crippen molar-refractivity contribution < 1.29 is 34.0 Å². The van der Waals surface area contributed by atoms with Crippen LogP contribution in [0.15, 0.2) is 0 Å². The highest BCUT2D eigenvalue weighted by atomic mass is 16.7. The van der Waals surface area contributed by atoms with Gasteiger partial charge in [0.1, 0.15) is 24.4 Å². The Morgan fingerprint density at radius 3 is 2.74 bits per heavy atom. The van der Waals surface area contributed by atoms with Gasteiger partial charge in [-0.25, -0.2) is 4.79 Å². The molecule has 108 valence electrons. The molecular weight excluding hydrogens is 258 g/mol. The summed E-state index contributed by atoms with van der Waals surface area (Å²) in [4.78, 5) is 22.0. The summed E-state index contributed by atoms with van der Waals surface area (Å²) in [5.74, 6) is -1.49. The van der Waals surface area contributed by atoms with Gasteiger partial charge in [0, 0.05) is 6.92 Å². The van der Waals surface area contributed by atoms with Crippen LogP contribution >= 0.6 is 0 Å². The summed E-state index contributed by atoms with van der Waals surface area (Å²) < 4.78 is 16.0. The van der Waals surface area contributed by atoms with Gasteiger partial charge in [0.15, 0.2) is 12.4 Å². The SMILES string of the molecule is CC(=O)NC1C(O[C@H](C)C(=O)O)[C@H](O)C2CO[C@@H]1O2. The van der Waals surface area contributed by atoms with Gasteiger partial charge in [-0.05, 0) is 6.92 Å². The first kappa shape index (κ1) is 14.2. The number of aliphatic hydroxyl groups is 1. The molecule has 0 radical (unpaired) electrons. The number of ether oxygens (including phenoxy) is 3. The van der Waals surface area contributed by atoms with Crippen molar-refractivity contribution in [1.82, 2.24) is 5.32 Å². The zero-order valence-electron chi connectivity index (χ0n) is 10.6. The maximum absolute atomic E-state index is 11.2. The molecule has 0 saturated carbocycles. The van der Waals surface area contributed by atoms with E-state index in [9.17, 15) is 14.7 Å². The first-order valence-electron chi connectivity index (χ1n) is 6.00. The van der Waals surface area contributed by atoms with Crippen molar-refractivity contribution in [3.8, 4) is 0 Å². The number of rotatable bonds is 4. The van der Waals surface area contributed by atoms with Gasteiger partial charge in [-0.3, -0.25) is 4.79 Å². The van der Waals surface area contributed by atoms with Gasteiger partial charge in [-0.1, -0.05) is 0 Å². The van der Waals surface area contributed by atoms with E-state index in [1.165, 1.54) is 13.8 Å². The maximum atomic E-state index is 11.2. The molecule has 8 heteroatoms. The number of carboxylic acid groups (broad SMARTS) is 1. The molecule has 0 aromatic heterocycles. The van der Waals surface area contributed by atoms with Crippen LogP contribution in [0.2, 0.25) is 0 Å². The number of carbonyl (C=O) groups is 2. The van der Waals surface area contributed by atoms with Crippen LogP contribution in [-0.4, -0.2) is 65.4 Å². The second-order valence-electron chi connectivity index (χ2n) is 4.67. The summed E-state index contributed by atoms with van der Waals surface area (Å²) in [7, 11) is 0. The Balaban J connectivity index is 2.14. The first-order valence-corrected chi connectivity index (χ1v) is 6.00. The van der Waals surface area contributed by atoms with Crippen molar-refractivity contribution in [3.63, 3.8) is 0 Å². The zero-order valence-corrected chi connectivity index (χ0v) is 10.6. The summed E-state index contributed by atoms with van der Waals surface area (Å²) in [5.41, 5.74) is 0. The first-order chi connectivity index (χ1) is 8.90. The lowest BCUT2D eigenvalue weighted by Gasteiger charge is -2.39. The quantitative estimate of drug-likeness (QED) is 0.570. The molecule has 2 fully saturated rings. The lowest BCUT2D eigenvalue weighted by atomic mass is 9.98. The Bertz CT molecular complexity index is 374. The van der Waals surface area contributed by atoms with Gasteiger partial charge in [0.25, 0.3) is 0 Å². The summed E-state index contributed by atoms with van der Waals surface area (Å²) in [6, 6.07) is -0.743. The second kappa shape index (κ2) is 5.41. The molecule has 8 nitrogen and oxygen atoms in total. The summed E-state index contributed by atoms with van der Waals surface area (Å²) >= 11 is 0. The molecular formula is C11H17NO7. The largest absolute Gasteiger partial charge is 0.479 e. The molecule has 2 rings (SSSR count). The monoisotopic (exact) mass is 275 g/mol. The van der Waals surface area contributed by atoms with Crippen LogP contribution in [0.5, 0.6) is 0 Å².